The molecule has 1 aliphatic rings. The van der Waals surface area contributed by atoms with Gasteiger partial charge in [-0.3, -0.25) is 4.98 Å². The van der Waals surface area contributed by atoms with Gasteiger partial charge in [0.1, 0.15) is 11.5 Å². The number of pyridine rings is 2. The molecule has 0 saturated heterocycles. The molecule has 5 rings (SSSR count). The molecule has 3 heterocycles. The van der Waals surface area contributed by atoms with Crippen LogP contribution in [0.2, 0.25) is 0 Å². The molecule has 1 saturated carbocycles. The van der Waals surface area contributed by atoms with Gasteiger partial charge in [0, 0.05) is 28.9 Å². The van der Waals surface area contributed by atoms with Crippen molar-refractivity contribution < 1.29 is 0 Å². The van der Waals surface area contributed by atoms with Crippen molar-refractivity contribution in [1.29, 1.82) is 10.5 Å². The van der Waals surface area contributed by atoms with E-state index in [4.69, 9.17) is 10.8 Å². The molecule has 0 radical (unpaired) electrons. The summed E-state index contributed by atoms with van der Waals surface area (Å²) in [4.78, 5) is 10.3. The van der Waals surface area contributed by atoms with Gasteiger partial charge in [0.25, 0.3) is 0 Å². The Balaban J connectivity index is 1.62. The summed E-state index contributed by atoms with van der Waals surface area (Å²) in [6, 6.07) is 16.1. The van der Waals surface area contributed by atoms with Crippen molar-refractivity contribution >= 4 is 16.7 Å². The molecule has 8 heteroatoms. The van der Waals surface area contributed by atoms with Crippen LogP contribution in [-0.4, -0.2) is 25.0 Å². The quantitative estimate of drug-likeness (QED) is 0.547. The van der Waals surface area contributed by atoms with Crippen molar-refractivity contribution in [1.82, 2.24) is 25.0 Å². The van der Waals surface area contributed by atoms with Crippen LogP contribution in [0.4, 0.5) is 5.82 Å². The average molecular weight is 406 g/mol. The highest BCUT2D eigenvalue weighted by Crippen LogP contribution is 2.45. The third kappa shape index (κ3) is 3.15. The van der Waals surface area contributed by atoms with Gasteiger partial charge < -0.3 is 5.73 Å². The molecule has 0 spiro atoms. The number of hydrogen-bond donors (Lipinski definition) is 1. The Bertz CT molecular complexity index is 1350. The van der Waals surface area contributed by atoms with Crippen LogP contribution in [-0.2, 0) is 5.54 Å². The van der Waals surface area contributed by atoms with Crippen LogP contribution in [0.15, 0.2) is 55.0 Å². The van der Waals surface area contributed by atoms with Gasteiger partial charge in [-0.25, -0.2) is 4.98 Å². The first-order valence-corrected chi connectivity index (χ1v) is 9.92. The maximum atomic E-state index is 9.31. The van der Waals surface area contributed by atoms with Crippen molar-refractivity contribution in [2.24, 2.45) is 5.92 Å². The number of fused-ring (bicyclic) bond motifs is 1. The standard InChI is InChI=1S/C23H18N8/c24-6-5-23(10-15(11-23)12-25)31-29-14-21(30-31)19-8-17(16-3-4-22(26)28-13-16)9-20-18(19)2-1-7-27-20/h1-4,7-9,13-15H,5,10-11H2,(H2,26,28)/t15-,23-. The molecule has 3 aromatic heterocycles. The number of nitrogen functional groups attached to an aromatic ring is 1. The molecule has 150 valence electrons. The number of nitrogens with zero attached hydrogens (tertiary/aromatic N) is 7. The van der Waals surface area contributed by atoms with E-state index in [1.165, 1.54) is 0 Å². The minimum Gasteiger partial charge on any atom is -0.384 e. The van der Waals surface area contributed by atoms with Gasteiger partial charge in [-0.2, -0.15) is 25.5 Å². The smallest absolute Gasteiger partial charge is 0.123 e. The maximum absolute atomic E-state index is 9.31. The number of benzene rings is 1. The van der Waals surface area contributed by atoms with Crippen LogP contribution >= 0.6 is 0 Å². The fourth-order valence-electron chi connectivity index (χ4n) is 4.23. The summed E-state index contributed by atoms with van der Waals surface area (Å²) in [6.07, 6.45) is 6.66. The Morgan fingerprint density at radius 2 is 1.97 bits per heavy atom. The first-order valence-electron chi connectivity index (χ1n) is 9.92. The molecular formula is C23H18N8. The van der Waals surface area contributed by atoms with Gasteiger partial charge >= 0.3 is 0 Å². The van der Waals surface area contributed by atoms with E-state index in [0.29, 0.717) is 24.4 Å². The molecule has 1 aromatic carbocycles. The number of nitriles is 2. The molecular weight excluding hydrogens is 388 g/mol. The van der Waals surface area contributed by atoms with Crippen LogP contribution in [0.5, 0.6) is 0 Å². The molecule has 1 aliphatic carbocycles. The lowest BCUT2D eigenvalue weighted by molar-refractivity contribution is 0.0713. The first-order chi connectivity index (χ1) is 15.1. The normalized spacial score (nSPS) is 20.0. The maximum Gasteiger partial charge on any atom is 0.123 e. The summed E-state index contributed by atoms with van der Waals surface area (Å²) >= 11 is 0. The van der Waals surface area contributed by atoms with E-state index in [1.54, 1.807) is 29.5 Å². The topological polar surface area (TPSA) is 130 Å². The van der Waals surface area contributed by atoms with E-state index in [1.807, 2.05) is 30.3 Å². The van der Waals surface area contributed by atoms with Crippen LogP contribution in [0.25, 0.3) is 33.3 Å². The van der Waals surface area contributed by atoms with E-state index in [-0.39, 0.29) is 12.3 Å². The number of anilines is 1. The second kappa shape index (κ2) is 7.19. The van der Waals surface area contributed by atoms with Gasteiger partial charge in [0.15, 0.2) is 0 Å². The lowest BCUT2D eigenvalue weighted by Crippen LogP contribution is -2.47. The van der Waals surface area contributed by atoms with Crippen molar-refractivity contribution in [3.63, 3.8) is 0 Å². The van der Waals surface area contributed by atoms with Crippen LogP contribution in [0.1, 0.15) is 19.3 Å². The van der Waals surface area contributed by atoms with Crippen molar-refractivity contribution in [3.05, 3.63) is 55.0 Å². The largest absolute Gasteiger partial charge is 0.384 e. The second-order valence-corrected chi connectivity index (χ2v) is 7.88. The molecule has 8 nitrogen and oxygen atoms in total. The third-order valence-corrected chi connectivity index (χ3v) is 5.88. The zero-order chi connectivity index (χ0) is 21.4. The Hall–Kier alpha value is -4.30. The minimum atomic E-state index is -0.514. The van der Waals surface area contributed by atoms with E-state index in [2.05, 4.69) is 27.2 Å². The highest BCUT2D eigenvalue weighted by Gasteiger charge is 2.48. The molecule has 4 aromatic rings. The van der Waals surface area contributed by atoms with Crippen molar-refractivity contribution in [2.45, 2.75) is 24.8 Å². The minimum absolute atomic E-state index is 0.0609. The zero-order valence-corrected chi connectivity index (χ0v) is 16.6. The highest BCUT2D eigenvalue weighted by atomic mass is 15.5. The fourth-order valence-corrected chi connectivity index (χ4v) is 4.23. The Morgan fingerprint density at radius 3 is 2.71 bits per heavy atom. The van der Waals surface area contributed by atoms with E-state index < -0.39 is 5.54 Å². The molecule has 1 fully saturated rings. The zero-order valence-electron chi connectivity index (χ0n) is 16.6. The van der Waals surface area contributed by atoms with Gasteiger partial charge in [-0.05, 0) is 48.7 Å². The van der Waals surface area contributed by atoms with Crippen molar-refractivity contribution in [2.75, 3.05) is 5.73 Å². The van der Waals surface area contributed by atoms with Gasteiger partial charge in [0.05, 0.1) is 41.7 Å². The first kappa shape index (κ1) is 18.7. The summed E-state index contributed by atoms with van der Waals surface area (Å²) in [7, 11) is 0. The molecule has 0 unspecified atom stereocenters. The number of aromatic nitrogens is 5. The van der Waals surface area contributed by atoms with E-state index in [9.17, 15) is 10.5 Å². The monoisotopic (exact) mass is 406 g/mol. The van der Waals surface area contributed by atoms with Crippen LogP contribution in [0, 0.1) is 28.6 Å². The molecule has 0 amide bonds. The Kier molecular flexibility index (Phi) is 4.34. The molecule has 0 atom stereocenters. The molecule has 31 heavy (non-hydrogen) atoms. The number of hydrogen-bond acceptors (Lipinski definition) is 7. The molecule has 0 aliphatic heterocycles. The van der Waals surface area contributed by atoms with Crippen LogP contribution in [0.3, 0.4) is 0 Å². The summed E-state index contributed by atoms with van der Waals surface area (Å²) in [5.74, 6) is 0.402. The van der Waals surface area contributed by atoms with Gasteiger partial charge in [-0.15, -0.1) is 0 Å². The highest BCUT2D eigenvalue weighted by molar-refractivity contribution is 5.97. The van der Waals surface area contributed by atoms with Gasteiger partial charge in [0.2, 0.25) is 0 Å². The predicted octanol–water partition coefficient (Wildman–Crippen LogP) is 3.68. The second-order valence-electron chi connectivity index (χ2n) is 7.88. The number of nitrogens with two attached hydrogens (primary N) is 1. The Morgan fingerprint density at radius 1 is 1.10 bits per heavy atom. The Labute approximate surface area is 178 Å². The van der Waals surface area contributed by atoms with Crippen molar-refractivity contribution in [3.8, 4) is 34.5 Å². The summed E-state index contributed by atoms with van der Waals surface area (Å²) in [5.41, 5.74) is 9.52. The number of rotatable bonds is 4. The predicted molar refractivity (Wildman–Crippen MR) is 115 cm³/mol. The third-order valence-electron chi connectivity index (χ3n) is 5.88. The molecule has 2 N–H and O–H groups in total. The SMILES string of the molecule is N#CC[C@]1(n2ncc(-c3cc(-c4ccc(N)nc4)cc4ncccc34)n2)C[C@H](C#N)C1. The molecule has 0 bridgehead atoms. The van der Waals surface area contributed by atoms with Crippen LogP contribution < -0.4 is 5.73 Å². The summed E-state index contributed by atoms with van der Waals surface area (Å²) < 4.78 is 0. The summed E-state index contributed by atoms with van der Waals surface area (Å²) in [6.45, 7) is 0. The summed E-state index contributed by atoms with van der Waals surface area (Å²) in [5, 5.41) is 28.7. The van der Waals surface area contributed by atoms with E-state index >= 15 is 0 Å². The average Bonchev–Trinajstić information content (AvgIpc) is 3.26. The van der Waals surface area contributed by atoms with E-state index in [0.717, 1.165) is 27.6 Å². The lowest BCUT2D eigenvalue weighted by Gasteiger charge is -2.42. The fraction of sp³-hybridized carbons (Fsp3) is 0.217. The lowest BCUT2D eigenvalue weighted by atomic mass is 9.68. The van der Waals surface area contributed by atoms with Gasteiger partial charge in [-0.1, -0.05) is 6.07 Å².